The number of benzene rings is 1. The normalized spacial score (nSPS) is 16.0. The standard InChI is InChI=1S/C17H22ClNO7S/c1-3-25-17(21)12-6-8-19(9-7-12)27(22,23)13-4-5-15(14(18)10-13)26-11-16(20)24-2/h4-5,10,12H,3,6-9,11H2,1-2H3. The summed E-state index contributed by atoms with van der Waals surface area (Å²) in [5, 5.41) is 0.0707. The zero-order valence-electron chi connectivity index (χ0n) is 15.1. The Labute approximate surface area is 163 Å². The molecule has 10 heteroatoms. The van der Waals surface area contributed by atoms with Crippen molar-refractivity contribution >= 4 is 33.6 Å². The largest absolute Gasteiger partial charge is 0.480 e. The molecule has 0 atom stereocenters. The third-order valence-corrected chi connectivity index (χ3v) is 6.38. The van der Waals surface area contributed by atoms with Crippen molar-refractivity contribution in [2.45, 2.75) is 24.7 Å². The molecule has 0 aliphatic carbocycles. The van der Waals surface area contributed by atoms with Crippen molar-refractivity contribution in [3.05, 3.63) is 23.2 Å². The highest BCUT2D eigenvalue weighted by molar-refractivity contribution is 7.89. The van der Waals surface area contributed by atoms with Crippen LogP contribution in [0.3, 0.4) is 0 Å². The molecule has 0 saturated carbocycles. The third kappa shape index (κ3) is 5.33. The number of ether oxygens (including phenoxy) is 3. The van der Waals surface area contributed by atoms with Gasteiger partial charge in [-0.25, -0.2) is 13.2 Å². The van der Waals surface area contributed by atoms with Crippen LogP contribution in [-0.2, 0) is 29.1 Å². The molecule has 1 heterocycles. The van der Waals surface area contributed by atoms with E-state index in [9.17, 15) is 18.0 Å². The maximum absolute atomic E-state index is 12.8. The van der Waals surface area contributed by atoms with Gasteiger partial charge in [-0.2, -0.15) is 4.31 Å². The summed E-state index contributed by atoms with van der Waals surface area (Å²) in [6, 6.07) is 4.04. The molecule has 0 radical (unpaired) electrons. The summed E-state index contributed by atoms with van der Waals surface area (Å²) in [5.41, 5.74) is 0. The quantitative estimate of drug-likeness (QED) is 0.622. The number of halogens is 1. The van der Waals surface area contributed by atoms with Gasteiger partial charge < -0.3 is 14.2 Å². The fraction of sp³-hybridized carbons (Fsp3) is 0.529. The molecular weight excluding hydrogens is 398 g/mol. The minimum atomic E-state index is -3.75. The van der Waals surface area contributed by atoms with Crippen LogP contribution in [0.15, 0.2) is 23.1 Å². The van der Waals surface area contributed by atoms with Gasteiger partial charge in [0.25, 0.3) is 0 Å². The molecule has 150 valence electrons. The molecule has 0 aromatic heterocycles. The Hall–Kier alpha value is -1.84. The van der Waals surface area contributed by atoms with Crippen LogP contribution in [0.25, 0.3) is 0 Å². The summed E-state index contributed by atoms with van der Waals surface area (Å²) in [6.45, 7) is 2.16. The molecule has 1 fully saturated rings. The lowest BCUT2D eigenvalue weighted by Crippen LogP contribution is -2.40. The van der Waals surface area contributed by atoms with E-state index in [4.69, 9.17) is 21.1 Å². The number of carbonyl (C=O) groups is 2. The van der Waals surface area contributed by atoms with E-state index in [2.05, 4.69) is 4.74 Å². The van der Waals surface area contributed by atoms with E-state index in [0.717, 1.165) is 0 Å². The Bertz CT molecular complexity index is 788. The van der Waals surface area contributed by atoms with Gasteiger partial charge in [0.1, 0.15) is 5.75 Å². The number of sulfonamides is 1. The zero-order valence-corrected chi connectivity index (χ0v) is 16.7. The molecule has 2 rings (SSSR count). The molecule has 27 heavy (non-hydrogen) atoms. The van der Waals surface area contributed by atoms with E-state index >= 15 is 0 Å². The average Bonchev–Trinajstić information content (AvgIpc) is 2.66. The van der Waals surface area contributed by atoms with E-state index in [1.807, 2.05) is 0 Å². The molecule has 1 saturated heterocycles. The Kier molecular flexibility index (Phi) is 7.46. The Morgan fingerprint density at radius 3 is 2.48 bits per heavy atom. The number of esters is 2. The van der Waals surface area contributed by atoms with Crippen LogP contribution in [0, 0.1) is 5.92 Å². The van der Waals surface area contributed by atoms with Crippen LogP contribution in [0.4, 0.5) is 0 Å². The highest BCUT2D eigenvalue weighted by Crippen LogP contribution is 2.30. The van der Waals surface area contributed by atoms with Crippen molar-refractivity contribution in [1.82, 2.24) is 4.31 Å². The van der Waals surface area contributed by atoms with Crippen molar-refractivity contribution in [3.63, 3.8) is 0 Å². The summed E-state index contributed by atoms with van der Waals surface area (Å²) >= 11 is 6.08. The topological polar surface area (TPSA) is 99.2 Å². The van der Waals surface area contributed by atoms with Gasteiger partial charge in [-0.3, -0.25) is 4.79 Å². The fourth-order valence-corrected chi connectivity index (χ4v) is 4.49. The van der Waals surface area contributed by atoms with E-state index in [0.29, 0.717) is 19.4 Å². The number of piperidine rings is 1. The number of hydrogen-bond acceptors (Lipinski definition) is 7. The first kappa shape index (κ1) is 21.5. The lowest BCUT2D eigenvalue weighted by atomic mass is 9.98. The smallest absolute Gasteiger partial charge is 0.343 e. The highest BCUT2D eigenvalue weighted by Gasteiger charge is 2.33. The third-order valence-electron chi connectivity index (χ3n) is 4.19. The lowest BCUT2D eigenvalue weighted by molar-refractivity contribution is -0.149. The van der Waals surface area contributed by atoms with E-state index < -0.39 is 16.0 Å². The first-order valence-electron chi connectivity index (χ1n) is 8.45. The minimum absolute atomic E-state index is 0.0208. The second-order valence-corrected chi connectivity index (χ2v) is 8.23. The molecule has 1 aromatic carbocycles. The number of hydrogen-bond donors (Lipinski definition) is 0. The van der Waals surface area contributed by atoms with Gasteiger partial charge in [0.2, 0.25) is 10.0 Å². The molecule has 0 spiro atoms. The van der Waals surface area contributed by atoms with Crippen LogP contribution in [0.2, 0.25) is 5.02 Å². The maximum Gasteiger partial charge on any atom is 0.343 e. The summed E-state index contributed by atoms with van der Waals surface area (Å²) in [4.78, 5) is 22.9. The van der Waals surface area contributed by atoms with Gasteiger partial charge in [-0.15, -0.1) is 0 Å². The predicted molar refractivity (Wildman–Crippen MR) is 97.1 cm³/mol. The summed E-state index contributed by atoms with van der Waals surface area (Å²) < 4.78 is 41.6. The average molecular weight is 420 g/mol. The molecule has 1 aliphatic rings. The Balaban J connectivity index is 2.05. The van der Waals surface area contributed by atoms with Gasteiger partial charge in [0.05, 0.1) is 29.6 Å². The van der Waals surface area contributed by atoms with Crippen LogP contribution in [0.5, 0.6) is 5.75 Å². The SMILES string of the molecule is CCOC(=O)C1CCN(S(=O)(=O)c2ccc(OCC(=O)OC)c(Cl)c2)CC1. The second-order valence-electron chi connectivity index (χ2n) is 5.89. The molecule has 8 nitrogen and oxygen atoms in total. The number of methoxy groups -OCH3 is 1. The molecule has 0 N–H and O–H groups in total. The van der Waals surface area contributed by atoms with Gasteiger partial charge in [0, 0.05) is 13.1 Å². The summed E-state index contributed by atoms with van der Waals surface area (Å²) in [5.74, 6) is -0.965. The monoisotopic (exact) mass is 419 g/mol. The maximum atomic E-state index is 12.8. The first-order valence-corrected chi connectivity index (χ1v) is 10.3. The summed E-state index contributed by atoms with van der Waals surface area (Å²) in [6.07, 6.45) is 0.818. The zero-order chi connectivity index (χ0) is 20.0. The van der Waals surface area contributed by atoms with Crippen molar-refractivity contribution in [1.29, 1.82) is 0 Å². The van der Waals surface area contributed by atoms with E-state index in [1.165, 1.54) is 29.6 Å². The van der Waals surface area contributed by atoms with Gasteiger partial charge in [0.15, 0.2) is 6.61 Å². The number of rotatable bonds is 7. The van der Waals surface area contributed by atoms with Crippen LogP contribution in [0.1, 0.15) is 19.8 Å². The van der Waals surface area contributed by atoms with Crippen LogP contribution < -0.4 is 4.74 Å². The van der Waals surface area contributed by atoms with Crippen LogP contribution >= 0.6 is 11.6 Å². The molecule has 0 unspecified atom stereocenters. The highest BCUT2D eigenvalue weighted by atomic mass is 35.5. The minimum Gasteiger partial charge on any atom is -0.480 e. The van der Waals surface area contributed by atoms with E-state index in [1.54, 1.807) is 6.92 Å². The Morgan fingerprint density at radius 1 is 1.26 bits per heavy atom. The fourth-order valence-electron chi connectivity index (χ4n) is 2.70. The second kappa shape index (κ2) is 9.38. The van der Waals surface area contributed by atoms with Gasteiger partial charge >= 0.3 is 11.9 Å². The molecule has 0 amide bonds. The lowest BCUT2D eigenvalue weighted by Gasteiger charge is -2.30. The van der Waals surface area contributed by atoms with Crippen molar-refractivity contribution in [2.75, 3.05) is 33.4 Å². The van der Waals surface area contributed by atoms with Crippen LogP contribution in [-0.4, -0.2) is 58.1 Å². The number of nitrogens with zero attached hydrogens (tertiary/aromatic N) is 1. The Morgan fingerprint density at radius 2 is 1.93 bits per heavy atom. The molecular formula is C17H22ClNO7S. The molecule has 1 aliphatic heterocycles. The van der Waals surface area contributed by atoms with Crippen molar-refractivity contribution < 1.29 is 32.2 Å². The van der Waals surface area contributed by atoms with E-state index in [-0.39, 0.29) is 47.3 Å². The number of carbonyl (C=O) groups excluding carboxylic acids is 2. The van der Waals surface area contributed by atoms with Crippen molar-refractivity contribution in [3.8, 4) is 5.75 Å². The van der Waals surface area contributed by atoms with Crippen molar-refractivity contribution in [2.24, 2.45) is 5.92 Å². The molecule has 1 aromatic rings. The predicted octanol–water partition coefficient (Wildman–Crippen LogP) is 1.86. The first-order chi connectivity index (χ1) is 12.8. The summed E-state index contributed by atoms with van der Waals surface area (Å²) in [7, 11) is -2.52. The molecule has 0 bridgehead atoms. The van der Waals surface area contributed by atoms with Gasteiger partial charge in [-0.05, 0) is 38.0 Å². The van der Waals surface area contributed by atoms with Gasteiger partial charge in [-0.1, -0.05) is 11.6 Å².